The average Bonchev–Trinajstić information content (AvgIpc) is 3.30. The van der Waals surface area contributed by atoms with Gasteiger partial charge >= 0.3 is 0 Å². The zero-order chi connectivity index (χ0) is 18.9. The van der Waals surface area contributed by atoms with E-state index in [4.69, 9.17) is 4.74 Å². The highest BCUT2D eigenvalue weighted by atomic mass is 16.5. The molecule has 0 radical (unpaired) electrons. The number of rotatable bonds is 4. The normalized spacial score (nSPS) is 24.8. The molecule has 3 aliphatic rings. The van der Waals surface area contributed by atoms with Crippen molar-refractivity contribution in [3.63, 3.8) is 0 Å². The van der Waals surface area contributed by atoms with Crippen molar-refractivity contribution in [2.24, 2.45) is 5.92 Å². The second-order valence-electron chi connectivity index (χ2n) is 8.31. The lowest BCUT2D eigenvalue weighted by atomic mass is 9.88. The Morgan fingerprint density at radius 2 is 1.85 bits per heavy atom. The summed E-state index contributed by atoms with van der Waals surface area (Å²) in [7, 11) is 0. The van der Waals surface area contributed by atoms with Gasteiger partial charge in [0.25, 0.3) is 0 Å². The summed E-state index contributed by atoms with van der Waals surface area (Å²) in [5.74, 6) is 0.0616. The second-order valence-corrected chi connectivity index (χ2v) is 8.31. The molecule has 2 amide bonds. The molecule has 27 heavy (non-hydrogen) atoms. The highest BCUT2D eigenvalue weighted by Crippen LogP contribution is 2.36. The summed E-state index contributed by atoms with van der Waals surface area (Å²) in [5.41, 5.74) is 2.46. The number of hydrogen-bond donors (Lipinski definition) is 0. The molecule has 0 N–H and O–H groups in total. The largest absolute Gasteiger partial charge is 0.375 e. The molecule has 0 aliphatic carbocycles. The smallest absolute Gasteiger partial charge is 0.227 e. The van der Waals surface area contributed by atoms with Crippen molar-refractivity contribution in [3.05, 3.63) is 35.4 Å². The molecular formula is C22H30N2O3. The molecule has 3 fully saturated rings. The van der Waals surface area contributed by atoms with Gasteiger partial charge in [-0.05, 0) is 43.2 Å². The van der Waals surface area contributed by atoms with E-state index in [0.717, 1.165) is 57.4 Å². The first-order valence-electron chi connectivity index (χ1n) is 10.4. The van der Waals surface area contributed by atoms with Crippen molar-refractivity contribution in [1.82, 2.24) is 9.80 Å². The van der Waals surface area contributed by atoms with Crippen molar-refractivity contribution < 1.29 is 14.3 Å². The third kappa shape index (κ3) is 3.88. The van der Waals surface area contributed by atoms with Crippen molar-refractivity contribution >= 4 is 11.8 Å². The molecular weight excluding hydrogens is 340 g/mol. The maximum atomic E-state index is 12.9. The van der Waals surface area contributed by atoms with Gasteiger partial charge < -0.3 is 14.5 Å². The van der Waals surface area contributed by atoms with Crippen LogP contribution < -0.4 is 0 Å². The van der Waals surface area contributed by atoms with Crippen LogP contribution in [0.25, 0.3) is 0 Å². The molecule has 3 saturated heterocycles. The number of benzene rings is 1. The van der Waals surface area contributed by atoms with Gasteiger partial charge in [0.1, 0.15) is 0 Å². The average molecular weight is 370 g/mol. The summed E-state index contributed by atoms with van der Waals surface area (Å²) >= 11 is 0. The van der Waals surface area contributed by atoms with E-state index in [1.54, 1.807) is 0 Å². The number of likely N-dealkylation sites (tertiary alicyclic amines) is 2. The van der Waals surface area contributed by atoms with Crippen molar-refractivity contribution in [2.45, 2.75) is 57.6 Å². The molecule has 146 valence electrons. The molecule has 1 unspecified atom stereocenters. The van der Waals surface area contributed by atoms with Gasteiger partial charge in [0.2, 0.25) is 11.8 Å². The van der Waals surface area contributed by atoms with E-state index in [0.29, 0.717) is 19.5 Å². The van der Waals surface area contributed by atoms with Gasteiger partial charge in [0, 0.05) is 39.2 Å². The van der Waals surface area contributed by atoms with Crippen molar-refractivity contribution in [1.29, 1.82) is 0 Å². The Morgan fingerprint density at radius 1 is 1.15 bits per heavy atom. The Hall–Kier alpha value is -1.88. The van der Waals surface area contributed by atoms with E-state index >= 15 is 0 Å². The first-order chi connectivity index (χ1) is 13.1. The zero-order valence-electron chi connectivity index (χ0n) is 16.3. The van der Waals surface area contributed by atoms with Gasteiger partial charge in [-0.2, -0.15) is 0 Å². The lowest BCUT2D eigenvalue weighted by Gasteiger charge is -2.39. The van der Waals surface area contributed by atoms with E-state index in [1.165, 1.54) is 5.56 Å². The monoisotopic (exact) mass is 370 g/mol. The number of carbonyl (C=O) groups is 2. The van der Waals surface area contributed by atoms with Gasteiger partial charge in [-0.1, -0.05) is 31.2 Å². The summed E-state index contributed by atoms with van der Waals surface area (Å²) in [5, 5.41) is 0. The number of amides is 2. The third-order valence-corrected chi connectivity index (χ3v) is 6.54. The fourth-order valence-electron chi connectivity index (χ4n) is 4.73. The fourth-order valence-corrected chi connectivity index (χ4v) is 4.73. The molecule has 3 heterocycles. The molecule has 1 aromatic rings. The maximum absolute atomic E-state index is 12.9. The number of aryl methyl sites for hydroxylation is 1. The molecule has 0 aromatic heterocycles. The predicted molar refractivity (Wildman–Crippen MR) is 103 cm³/mol. The molecule has 3 aliphatic heterocycles. The van der Waals surface area contributed by atoms with Crippen molar-refractivity contribution in [3.8, 4) is 0 Å². The summed E-state index contributed by atoms with van der Waals surface area (Å²) in [6.07, 6.45) is 5.51. The zero-order valence-corrected chi connectivity index (χ0v) is 16.3. The van der Waals surface area contributed by atoms with Crippen LogP contribution >= 0.6 is 0 Å². The summed E-state index contributed by atoms with van der Waals surface area (Å²) in [4.78, 5) is 29.2. The van der Waals surface area contributed by atoms with Crippen molar-refractivity contribution in [2.75, 3.05) is 26.2 Å². The van der Waals surface area contributed by atoms with E-state index in [-0.39, 0.29) is 23.3 Å². The SMILES string of the molecule is CCc1ccc(CN2CC(C(=O)N3CCC4(CCCO4)CC3)CC2=O)cc1. The Kier molecular flexibility index (Phi) is 5.22. The summed E-state index contributed by atoms with van der Waals surface area (Å²) in [6.45, 7) is 5.68. The van der Waals surface area contributed by atoms with Crippen LogP contribution in [0, 0.1) is 5.92 Å². The van der Waals surface area contributed by atoms with Crippen LogP contribution in [0.1, 0.15) is 50.2 Å². The highest BCUT2D eigenvalue weighted by molar-refractivity contribution is 5.89. The molecule has 0 saturated carbocycles. The van der Waals surface area contributed by atoms with E-state index in [2.05, 4.69) is 31.2 Å². The van der Waals surface area contributed by atoms with E-state index < -0.39 is 0 Å². The minimum atomic E-state index is -0.189. The van der Waals surface area contributed by atoms with E-state index in [9.17, 15) is 9.59 Å². The van der Waals surface area contributed by atoms with Crippen LogP contribution in [-0.4, -0.2) is 53.5 Å². The van der Waals surface area contributed by atoms with E-state index in [1.807, 2.05) is 9.80 Å². The Bertz CT molecular complexity index is 684. The molecule has 1 atom stereocenters. The maximum Gasteiger partial charge on any atom is 0.227 e. The van der Waals surface area contributed by atoms with Crippen LogP contribution in [0.2, 0.25) is 0 Å². The molecule has 5 nitrogen and oxygen atoms in total. The molecule has 5 heteroatoms. The predicted octanol–water partition coefficient (Wildman–Crippen LogP) is 2.77. The van der Waals surface area contributed by atoms with Gasteiger partial charge in [0.15, 0.2) is 0 Å². The standard InChI is InChI=1S/C22H30N2O3/c1-2-17-4-6-18(7-5-17)15-24-16-19(14-20(24)25)21(26)23-11-9-22(10-12-23)8-3-13-27-22/h4-7,19H,2-3,8-16H2,1H3. The third-order valence-electron chi connectivity index (χ3n) is 6.54. The Balaban J connectivity index is 1.32. The second kappa shape index (κ2) is 7.63. The summed E-state index contributed by atoms with van der Waals surface area (Å²) in [6, 6.07) is 8.42. The molecule has 1 aromatic carbocycles. The molecule has 4 rings (SSSR count). The lowest BCUT2D eigenvalue weighted by molar-refractivity contribution is -0.140. The fraction of sp³-hybridized carbons (Fsp3) is 0.636. The Labute approximate surface area is 161 Å². The topological polar surface area (TPSA) is 49.9 Å². The van der Waals surface area contributed by atoms with Crippen LogP contribution in [0.3, 0.4) is 0 Å². The minimum absolute atomic E-state index is 0.0267. The van der Waals surface area contributed by atoms with Gasteiger partial charge in [-0.15, -0.1) is 0 Å². The first-order valence-corrected chi connectivity index (χ1v) is 10.4. The lowest BCUT2D eigenvalue weighted by Crippen LogP contribution is -2.48. The summed E-state index contributed by atoms with van der Waals surface area (Å²) < 4.78 is 5.95. The quantitative estimate of drug-likeness (QED) is 0.819. The highest BCUT2D eigenvalue weighted by Gasteiger charge is 2.42. The first kappa shape index (κ1) is 18.5. The van der Waals surface area contributed by atoms with Crippen LogP contribution in [0.5, 0.6) is 0 Å². The molecule has 1 spiro atoms. The number of hydrogen-bond acceptors (Lipinski definition) is 3. The molecule has 0 bridgehead atoms. The van der Waals surface area contributed by atoms with Gasteiger partial charge in [-0.3, -0.25) is 9.59 Å². The van der Waals surface area contributed by atoms with Gasteiger partial charge in [0.05, 0.1) is 11.5 Å². The number of ether oxygens (including phenoxy) is 1. The van der Waals surface area contributed by atoms with Crippen LogP contribution in [0.15, 0.2) is 24.3 Å². The van der Waals surface area contributed by atoms with Crippen LogP contribution in [0.4, 0.5) is 0 Å². The number of piperidine rings is 1. The number of nitrogens with zero attached hydrogens (tertiary/aromatic N) is 2. The minimum Gasteiger partial charge on any atom is -0.375 e. The Morgan fingerprint density at radius 3 is 2.48 bits per heavy atom. The van der Waals surface area contributed by atoms with Gasteiger partial charge in [-0.25, -0.2) is 0 Å². The van der Waals surface area contributed by atoms with Crippen LogP contribution in [-0.2, 0) is 27.3 Å². The number of carbonyl (C=O) groups excluding carboxylic acids is 2.